The van der Waals surface area contributed by atoms with Crippen LogP contribution >= 0.6 is 11.3 Å². The van der Waals surface area contributed by atoms with E-state index in [4.69, 9.17) is 10.5 Å². The van der Waals surface area contributed by atoms with Gasteiger partial charge in [-0.2, -0.15) is 11.3 Å². The molecule has 0 bridgehead atoms. The molecule has 0 radical (unpaired) electrons. The van der Waals surface area contributed by atoms with Gasteiger partial charge < -0.3 is 10.5 Å². The number of hydrogen-bond acceptors (Lipinski definition) is 3. The van der Waals surface area contributed by atoms with Crippen LogP contribution in [0, 0.1) is 0 Å². The first-order valence-corrected chi connectivity index (χ1v) is 7.38. The zero-order valence-electron chi connectivity index (χ0n) is 10.9. The fourth-order valence-corrected chi connectivity index (χ4v) is 2.74. The first-order valence-electron chi connectivity index (χ1n) is 6.43. The van der Waals surface area contributed by atoms with Crippen molar-refractivity contribution in [2.45, 2.75) is 6.04 Å². The van der Waals surface area contributed by atoms with Gasteiger partial charge in [0.25, 0.3) is 0 Å². The number of thiophene rings is 1. The summed E-state index contributed by atoms with van der Waals surface area (Å²) in [4.78, 5) is 0. The van der Waals surface area contributed by atoms with Crippen LogP contribution in [-0.4, -0.2) is 0 Å². The summed E-state index contributed by atoms with van der Waals surface area (Å²) in [6.07, 6.45) is 0. The molecule has 0 saturated carbocycles. The summed E-state index contributed by atoms with van der Waals surface area (Å²) in [7, 11) is 0. The van der Waals surface area contributed by atoms with Gasteiger partial charge in [-0.25, -0.2) is 0 Å². The summed E-state index contributed by atoms with van der Waals surface area (Å²) >= 11 is 1.66. The third kappa shape index (κ3) is 2.90. The lowest BCUT2D eigenvalue weighted by Crippen LogP contribution is -2.10. The molecule has 1 atom stereocenters. The molecule has 3 rings (SSSR count). The summed E-state index contributed by atoms with van der Waals surface area (Å²) in [6.45, 7) is 0. The van der Waals surface area contributed by atoms with Crippen molar-refractivity contribution in [2.24, 2.45) is 5.73 Å². The van der Waals surface area contributed by atoms with E-state index in [1.54, 1.807) is 11.3 Å². The van der Waals surface area contributed by atoms with Crippen LogP contribution in [-0.2, 0) is 0 Å². The van der Waals surface area contributed by atoms with Crippen molar-refractivity contribution in [2.75, 3.05) is 0 Å². The molecule has 0 spiro atoms. The van der Waals surface area contributed by atoms with E-state index in [2.05, 4.69) is 11.4 Å². The highest BCUT2D eigenvalue weighted by molar-refractivity contribution is 7.08. The molecule has 2 nitrogen and oxygen atoms in total. The molecule has 3 heteroatoms. The quantitative estimate of drug-likeness (QED) is 0.759. The summed E-state index contributed by atoms with van der Waals surface area (Å²) < 4.78 is 5.83. The summed E-state index contributed by atoms with van der Waals surface area (Å²) in [6, 6.07) is 19.6. The molecule has 1 heterocycles. The van der Waals surface area contributed by atoms with Crippen LogP contribution in [0.15, 0.2) is 71.4 Å². The van der Waals surface area contributed by atoms with Crippen molar-refractivity contribution < 1.29 is 4.74 Å². The Balaban J connectivity index is 1.83. The van der Waals surface area contributed by atoms with Crippen LogP contribution in [0.25, 0.3) is 0 Å². The normalized spacial score (nSPS) is 12.1. The van der Waals surface area contributed by atoms with Crippen molar-refractivity contribution in [3.8, 4) is 11.5 Å². The van der Waals surface area contributed by atoms with Gasteiger partial charge in [0.2, 0.25) is 0 Å². The van der Waals surface area contributed by atoms with Crippen LogP contribution in [0.3, 0.4) is 0 Å². The van der Waals surface area contributed by atoms with Crippen LogP contribution in [0.1, 0.15) is 17.2 Å². The van der Waals surface area contributed by atoms with Gasteiger partial charge in [0.05, 0.1) is 6.04 Å². The van der Waals surface area contributed by atoms with Gasteiger partial charge in [0, 0.05) is 0 Å². The zero-order chi connectivity index (χ0) is 13.8. The Morgan fingerprint density at radius 2 is 1.65 bits per heavy atom. The number of para-hydroxylation sites is 1. The molecule has 0 saturated heterocycles. The maximum Gasteiger partial charge on any atom is 0.127 e. The van der Waals surface area contributed by atoms with E-state index < -0.39 is 0 Å². The van der Waals surface area contributed by atoms with Crippen LogP contribution < -0.4 is 10.5 Å². The predicted octanol–water partition coefficient (Wildman–Crippen LogP) is 4.59. The molecule has 3 aromatic rings. The molecule has 1 aromatic heterocycles. The first kappa shape index (κ1) is 12.9. The molecule has 2 N–H and O–H groups in total. The van der Waals surface area contributed by atoms with Crippen molar-refractivity contribution in [1.82, 2.24) is 0 Å². The highest BCUT2D eigenvalue weighted by Gasteiger charge is 2.10. The average molecular weight is 281 g/mol. The highest BCUT2D eigenvalue weighted by atomic mass is 32.1. The third-order valence-corrected chi connectivity index (χ3v) is 3.80. The minimum atomic E-state index is -0.111. The average Bonchev–Trinajstić information content (AvgIpc) is 3.02. The number of ether oxygens (including phenoxy) is 1. The van der Waals surface area contributed by atoms with Gasteiger partial charge >= 0.3 is 0 Å². The van der Waals surface area contributed by atoms with Crippen LogP contribution in [0.4, 0.5) is 0 Å². The Morgan fingerprint density at radius 3 is 2.40 bits per heavy atom. The second-order valence-corrected chi connectivity index (χ2v) is 5.30. The molecular formula is C17H15NOS. The Morgan fingerprint density at radius 1 is 0.850 bits per heavy atom. The van der Waals surface area contributed by atoms with Crippen molar-refractivity contribution in [3.05, 3.63) is 82.6 Å². The molecule has 0 aliphatic heterocycles. The summed E-state index contributed by atoms with van der Waals surface area (Å²) in [5.41, 5.74) is 8.46. The molecule has 0 aliphatic rings. The van der Waals surface area contributed by atoms with E-state index in [-0.39, 0.29) is 6.04 Å². The second kappa shape index (κ2) is 5.90. The number of hydrogen-bond donors (Lipinski definition) is 1. The Bertz CT molecular complexity index is 664. The largest absolute Gasteiger partial charge is 0.457 e. The minimum absolute atomic E-state index is 0.111. The molecule has 0 unspecified atom stereocenters. The monoisotopic (exact) mass is 281 g/mol. The van der Waals surface area contributed by atoms with E-state index in [1.807, 2.05) is 60.0 Å². The first-order chi connectivity index (χ1) is 9.83. The number of benzene rings is 2. The molecule has 0 aliphatic carbocycles. The molecular weight excluding hydrogens is 266 g/mol. The third-order valence-electron chi connectivity index (χ3n) is 3.10. The van der Waals surface area contributed by atoms with Crippen molar-refractivity contribution >= 4 is 11.3 Å². The van der Waals surface area contributed by atoms with Crippen molar-refractivity contribution in [1.29, 1.82) is 0 Å². The predicted molar refractivity (Wildman–Crippen MR) is 83.3 cm³/mol. The van der Waals surface area contributed by atoms with Gasteiger partial charge in [0.15, 0.2) is 0 Å². The summed E-state index contributed by atoms with van der Waals surface area (Å²) in [5.74, 6) is 1.63. The molecule has 20 heavy (non-hydrogen) atoms. The smallest absolute Gasteiger partial charge is 0.127 e. The maximum atomic E-state index is 6.27. The zero-order valence-corrected chi connectivity index (χ0v) is 11.7. The summed E-state index contributed by atoms with van der Waals surface area (Å²) in [5, 5.41) is 4.12. The lowest BCUT2D eigenvalue weighted by molar-refractivity contribution is 0.481. The van der Waals surface area contributed by atoms with Gasteiger partial charge in [-0.3, -0.25) is 0 Å². The van der Waals surface area contributed by atoms with Gasteiger partial charge in [-0.15, -0.1) is 0 Å². The SMILES string of the molecule is N[C@@H](c1ccsc1)c1cccc(Oc2ccccc2)c1. The molecule has 2 aromatic carbocycles. The van der Waals surface area contributed by atoms with E-state index in [9.17, 15) is 0 Å². The molecule has 0 fully saturated rings. The van der Waals surface area contributed by atoms with Gasteiger partial charge in [0.1, 0.15) is 11.5 Å². The maximum absolute atomic E-state index is 6.27. The lowest BCUT2D eigenvalue weighted by atomic mass is 10.0. The Kier molecular flexibility index (Phi) is 3.81. The molecule has 0 amide bonds. The van der Waals surface area contributed by atoms with Crippen LogP contribution in [0.2, 0.25) is 0 Å². The van der Waals surface area contributed by atoms with Gasteiger partial charge in [-0.1, -0.05) is 30.3 Å². The van der Waals surface area contributed by atoms with E-state index in [0.717, 1.165) is 22.6 Å². The van der Waals surface area contributed by atoms with Crippen LogP contribution in [0.5, 0.6) is 11.5 Å². The fourth-order valence-electron chi connectivity index (χ4n) is 2.04. The van der Waals surface area contributed by atoms with E-state index in [1.165, 1.54) is 0 Å². The minimum Gasteiger partial charge on any atom is -0.457 e. The molecule has 100 valence electrons. The standard InChI is InChI=1S/C17H15NOS/c18-17(14-9-10-20-12-14)13-5-4-8-16(11-13)19-15-6-2-1-3-7-15/h1-12,17H,18H2/t17-/m1/s1. The van der Waals surface area contributed by atoms with E-state index >= 15 is 0 Å². The van der Waals surface area contributed by atoms with Gasteiger partial charge in [-0.05, 0) is 52.2 Å². The Hall–Kier alpha value is -2.10. The topological polar surface area (TPSA) is 35.2 Å². The second-order valence-electron chi connectivity index (χ2n) is 4.52. The van der Waals surface area contributed by atoms with Crippen molar-refractivity contribution in [3.63, 3.8) is 0 Å². The highest BCUT2D eigenvalue weighted by Crippen LogP contribution is 2.27. The lowest BCUT2D eigenvalue weighted by Gasteiger charge is -2.12. The number of rotatable bonds is 4. The Labute approximate surface area is 122 Å². The van der Waals surface area contributed by atoms with E-state index in [0.29, 0.717) is 0 Å². The fraction of sp³-hybridized carbons (Fsp3) is 0.0588. The number of nitrogens with two attached hydrogens (primary N) is 1.